The van der Waals surface area contributed by atoms with E-state index in [0.29, 0.717) is 15.9 Å². The number of benzene rings is 1. The van der Waals surface area contributed by atoms with E-state index in [-0.39, 0.29) is 4.96 Å². The van der Waals surface area contributed by atoms with E-state index in [1.54, 1.807) is 0 Å². The average molecular weight is 393 g/mol. The van der Waals surface area contributed by atoms with E-state index in [1.807, 2.05) is 0 Å². The molecule has 2 N–H and O–H groups in total. The smallest absolute Gasteiger partial charge is 0.225 e. The number of imidazole rings is 1. The third kappa shape index (κ3) is 2.58. The monoisotopic (exact) mass is 393 g/mol. The van der Waals surface area contributed by atoms with Gasteiger partial charge in [-0.2, -0.15) is 0 Å². The number of primary sulfonamides is 1. The van der Waals surface area contributed by atoms with Crippen LogP contribution in [0.5, 0.6) is 0 Å². The lowest BCUT2D eigenvalue weighted by Crippen LogP contribution is -2.12. The minimum absolute atomic E-state index is 0.141. The van der Waals surface area contributed by atoms with Gasteiger partial charge in [0.1, 0.15) is 5.69 Å². The fourth-order valence-electron chi connectivity index (χ4n) is 1.94. The Labute approximate surface area is 139 Å². The summed E-state index contributed by atoms with van der Waals surface area (Å²) in [5.74, 6) is -7.59. The maximum Gasteiger partial charge on any atom is 0.267 e. The van der Waals surface area contributed by atoms with Crippen molar-refractivity contribution in [1.29, 1.82) is 0 Å². The average Bonchev–Trinajstić information content (AvgIpc) is 3.11. The predicted molar refractivity (Wildman–Crippen MR) is 76.3 cm³/mol. The number of rotatable bonds is 3. The zero-order valence-electron chi connectivity index (χ0n) is 11.5. The fraction of sp³-hybridized carbons (Fsp3) is 0. The molecule has 1 aromatic carbocycles. The summed E-state index contributed by atoms with van der Waals surface area (Å²) in [6.45, 7) is 0. The van der Waals surface area contributed by atoms with Gasteiger partial charge in [-0.3, -0.25) is 0 Å². The quantitative estimate of drug-likeness (QED) is 0.240. The van der Waals surface area contributed by atoms with Gasteiger partial charge < -0.3 is 0 Å². The maximum atomic E-state index is 14.2. The van der Waals surface area contributed by atoms with Gasteiger partial charge in [0.2, 0.25) is 9.30 Å². The summed E-state index contributed by atoms with van der Waals surface area (Å²) in [7, 11) is -4.23. The Morgan fingerprint density at radius 2 is 1.80 bits per heavy atom. The Hall–Kier alpha value is -2.74. The molecule has 0 unspecified atom stereocenters. The summed E-state index contributed by atoms with van der Waals surface area (Å²) in [4.78, 5) is 5.61. The van der Waals surface area contributed by atoms with Gasteiger partial charge in [-0.05, 0) is 5.53 Å². The van der Waals surface area contributed by atoms with Crippen LogP contribution in [0.1, 0.15) is 0 Å². The molecule has 3 rings (SSSR count). The highest BCUT2D eigenvalue weighted by molar-refractivity contribution is 7.91. The molecule has 0 radical (unpaired) electrons. The number of nitrogens with zero attached hydrogens (tertiary/aromatic N) is 6. The fourth-order valence-corrected chi connectivity index (χ4v) is 3.43. The zero-order chi connectivity index (χ0) is 18.5. The van der Waals surface area contributed by atoms with Crippen molar-refractivity contribution in [2.75, 3.05) is 0 Å². The van der Waals surface area contributed by atoms with Crippen LogP contribution in [-0.4, -0.2) is 23.0 Å². The van der Waals surface area contributed by atoms with Crippen molar-refractivity contribution in [3.05, 3.63) is 39.9 Å². The van der Waals surface area contributed by atoms with E-state index in [0.717, 1.165) is 6.20 Å². The summed E-state index contributed by atoms with van der Waals surface area (Å²) in [5, 5.41) is 11.0. The Balaban J connectivity index is 2.36. The molecule has 0 saturated carbocycles. The lowest BCUT2D eigenvalue weighted by molar-refractivity contribution is 0.461. The van der Waals surface area contributed by atoms with Gasteiger partial charge in [0.05, 0.1) is 17.5 Å². The first kappa shape index (κ1) is 17.1. The van der Waals surface area contributed by atoms with Crippen molar-refractivity contribution in [2.45, 2.75) is 4.34 Å². The summed E-state index contributed by atoms with van der Waals surface area (Å²) in [6.07, 6.45) is 0.833. The molecule has 0 aliphatic heterocycles. The van der Waals surface area contributed by atoms with E-state index in [1.165, 1.54) is 0 Å². The summed E-state index contributed by atoms with van der Waals surface area (Å²) in [5.41, 5.74) is 4.96. The van der Waals surface area contributed by atoms with Crippen molar-refractivity contribution in [3.8, 4) is 11.3 Å². The molecule has 0 amide bonds. The molecule has 3 aromatic rings. The Morgan fingerprint density at radius 1 is 1.20 bits per heavy atom. The second-order valence-electron chi connectivity index (χ2n) is 4.42. The molecular formula is C10H3F4N7O2S2. The first-order valence-corrected chi connectivity index (χ1v) is 8.32. The highest BCUT2D eigenvalue weighted by atomic mass is 32.2. The zero-order valence-corrected chi connectivity index (χ0v) is 13.1. The molecule has 0 spiro atoms. The lowest BCUT2D eigenvalue weighted by atomic mass is 10.1. The van der Waals surface area contributed by atoms with Gasteiger partial charge >= 0.3 is 0 Å². The van der Waals surface area contributed by atoms with Crippen LogP contribution < -0.4 is 5.14 Å². The highest BCUT2D eigenvalue weighted by Gasteiger charge is 2.29. The van der Waals surface area contributed by atoms with Crippen molar-refractivity contribution in [1.82, 2.24) is 14.6 Å². The molecule has 2 heterocycles. The third-order valence-electron chi connectivity index (χ3n) is 2.95. The summed E-state index contributed by atoms with van der Waals surface area (Å²) >= 11 is 0.480. The normalized spacial score (nSPS) is 11.7. The number of nitrogens with two attached hydrogens (primary N) is 1. The molecule has 0 aliphatic carbocycles. The predicted octanol–water partition coefficient (Wildman–Crippen LogP) is 2.60. The SMILES string of the molecule is [N-]=[N+]=Nc1c(F)c(F)c(-c2cnc3sc(S(N)(=O)=O)nn23)c(F)c1F. The molecule has 15 heteroatoms. The second-order valence-corrected chi connectivity index (χ2v) is 7.11. The van der Waals surface area contributed by atoms with Crippen LogP contribution in [-0.2, 0) is 10.0 Å². The van der Waals surface area contributed by atoms with E-state index < -0.39 is 54.6 Å². The number of hydrogen-bond acceptors (Lipinski definition) is 6. The first-order chi connectivity index (χ1) is 11.7. The molecule has 25 heavy (non-hydrogen) atoms. The molecule has 0 bridgehead atoms. The van der Waals surface area contributed by atoms with E-state index in [9.17, 15) is 26.0 Å². The van der Waals surface area contributed by atoms with Crippen molar-refractivity contribution < 1.29 is 26.0 Å². The topological polar surface area (TPSA) is 139 Å². The van der Waals surface area contributed by atoms with Crippen molar-refractivity contribution in [3.63, 3.8) is 0 Å². The second kappa shape index (κ2) is 5.66. The molecule has 0 fully saturated rings. The molecule has 0 atom stereocenters. The van der Waals surface area contributed by atoms with Crippen LogP contribution in [0.4, 0.5) is 23.2 Å². The number of hydrogen-bond donors (Lipinski definition) is 1. The Kier molecular flexibility index (Phi) is 3.87. The number of sulfonamides is 1. The van der Waals surface area contributed by atoms with Crippen molar-refractivity contribution in [2.24, 2.45) is 10.3 Å². The van der Waals surface area contributed by atoms with Gasteiger partial charge in [0, 0.05) is 4.91 Å². The number of azide groups is 1. The third-order valence-corrected chi connectivity index (χ3v) is 5.18. The van der Waals surface area contributed by atoms with Crippen LogP contribution in [0.25, 0.3) is 26.7 Å². The van der Waals surface area contributed by atoms with Crippen LogP contribution in [0, 0.1) is 23.3 Å². The number of aromatic nitrogens is 3. The Bertz CT molecular complexity index is 1150. The highest BCUT2D eigenvalue weighted by Crippen LogP contribution is 2.36. The molecule has 2 aromatic heterocycles. The molecule has 130 valence electrons. The Morgan fingerprint density at radius 3 is 2.32 bits per heavy atom. The van der Waals surface area contributed by atoms with Gasteiger partial charge in [-0.15, -0.1) is 5.10 Å². The van der Waals surface area contributed by atoms with E-state index >= 15 is 0 Å². The van der Waals surface area contributed by atoms with Crippen LogP contribution in [0.2, 0.25) is 0 Å². The maximum absolute atomic E-state index is 14.2. The number of halogens is 4. The van der Waals surface area contributed by atoms with Gasteiger partial charge in [0.15, 0.2) is 23.3 Å². The minimum Gasteiger partial charge on any atom is -0.225 e. The molecule has 0 saturated heterocycles. The minimum atomic E-state index is -4.23. The van der Waals surface area contributed by atoms with E-state index in [4.69, 9.17) is 10.7 Å². The molecule has 9 nitrogen and oxygen atoms in total. The molecular weight excluding hydrogens is 390 g/mol. The van der Waals surface area contributed by atoms with Gasteiger partial charge in [0.25, 0.3) is 10.0 Å². The van der Waals surface area contributed by atoms with E-state index in [2.05, 4.69) is 20.1 Å². The standard InChI is InChI=1S/C10H3F4N7O2S2/c11-4-3(5(12)7(14)8(6(4)13)18-20-15)2-1-17-9-21(2)19-10(24-9)25(16,22)23/h1H,(H2,16,22,23). The number of fused-ring (bicyclic) bond motifs is 1. The van der Waals surface area contributed by atoms with Crippen LogP contribution in [0.3, 0.4) is 0 Å². The van der Waals surface area contributed by atoms with Crippen LogP contribution >= 0.6 is 11.3 Å². The largest absolute Gasteiger partial charge is 0.267 e. The first-order valence-electron chi connectivity index (χ1n) is 5.95. The summed E-state index contributed by atoms with van der Waals surface area (Å²) in [6, 6.07) is 0. The summed E-state index contributed by atoms with van der Waals surface area (Å²) < 4.78 is 78.7. The van der Waals surface area contributed by atoms with Gasteiger partial charge in [-0.1, -0.05) is 16.5 Å². The molecule has 0 aliphatic rings. The van der Waals surface area contributed by atoms with Gasteiger partial charge in [-0.25, -0.2) is 40.6 Å². The lowest BCUT2D eigenvalue weighted by Gasteiger charge is -2.08. The van der Waals surface area contributed by atoms with Crippen molar-refractivity contribution >= 4 is 32.0 Å². The van der Waals surface area contributed by atoms with Crippen LogP contribution in [0.15, 0.2) is 15.7 Å².